The molecule has 132 valence electrons. The first-order valence-corrected chi connectivity index (χ1v) is 10.3. The molecule has 6 nitrogen and oxygen atoms in total. The van der Waals surface area contributed by atoms with E-state index in [1.165, 1.54) is 16.2 Å². The van der Waals surface area contributed by atoms with Crippen LogP contribution >= 0.6 is 22.7 Å². The zero-order valence-electron chi connectivity index (χ0n) is 14.0. The van der Waals surface area contributed by atoms with E-state index in [0.29, 0.717) is 21.9 Å². The van der Waals surface area contributed by atoms with Gasteiger partial charge in [-0.1, -0.05) is 6.92 Å². The number of hydrogen-bond donors (Lipinski definition) is 2. The summed E-state index contributed by atoms with van der Waals surface area (Å²) in [6.45, 7) is 2.25. The van der Waals surface area contributed by atoms with Gasteiger partial charge in [0.1, 0.15) is 0 Å². The molecule has 0 bridgehead atoms. The van der Waals surface area contributed by atoms with Crippen LogP contribution in [0.5, 0.6) is 0 Å². The number of carbonyl (C=O) groups excluding carboxylic acids is 2. The molecular weight excluding hydrogens is 356 g/mol. The number of aryl methyl sites for hydroxylation is 1. The zero-order chi connectivity index (χ0) is 17.4. The number of fused-ring (bicyclic) bond motifs is 1. The first kappa shape index (κ1) is 16.7. The maximum Gasteiger partial charge on any atom is 0.232 e. The fourth-order valence-corrected chi connectivity index (χ4v) is 4.82. The predicted octanol–water partition coefficient (Wildman–Crippen LogP) is 3.25. The monoisotopic (exact) mass is 376 g/mol. The highest BCUT2D eigenvalue weighted by molar-refractivity contribution is 7.16. The highest BCUT2D eigenvalue weighted by atomic mass is 32.1. The van der Waals surface area contributed by atoms with Crippen LogP contribution in [0.3, 0.4) is 0 Å². The summed E-state index contributed by atoms with van der Waals surface area (Å²) >= 11 is 2.94. The minimum atomic E-state index is -0.121. The summed E-state index contributed by atoms with van der Waals surface area (Å²) in [5.41, 5.74) is 1.81. The summed E-state index contributed by atoms with van der Waals surface area (Å²) in [5, 5.41) is 8.76. The number of anilines is 2. The first-order chi connectivity index (χ1) is 12.1. The molecule has 0 aliphatic heterocycles. The van der Waals surface area contributed by atoms with Gasteiger partial charge in [0, 0.05) is 16.2 Å². The number of thiazole rings is 2. The number of rotatable bonds is 5. The van der Waals surface area contributed by atoms with Crippen molar-refractivity contribution in [1.29, 1.82) is 0 Å². The molecule has 2 amide bonds. The lowest BCUT2D eigenvalue weighted by Crippen LogP contribution is -2.15. The van der Waals surface area contributed by atoms with Gasteiger partial charge in [-0.3, -0.25) is 9.59 Å². The Balaban J connectivity index is 1.33. The van der Waals surface area contributed by atoms with Crippen molar-refractivity contribution in [2.45, 2.75) is 45.4 Å². The van der Waals surface area contributed by atoms with E-state index in [-0.39, 0.29) is 24.2 Å². The Kier molecular flexibility index (Phi) is 4.56. The maximum absolute atomic E-state index is 12.2. The van der Waals surface area contributed by atoms with Gasteiger partial charge < -0.3 is 10.6 Å². The van der Waals surface area contributed by atoms with Gasteiger partial charge in [-0.25, -0.2) is 9.97 Å². The third-order valence-electron chi connectivity index (χ3n) is 4.50. The SMILES string of the molecule is C[C@H]1CCc2nc(NC(=O)Cc3csc(NC(=O)C4CC4)n3)sc2C1. The number of hydrogen-bond acceptors (Lipinski definition) is 6. The Morgan fingerprint density at radius 1 is 1.20 bits per heavy atom. The predicted molar refractivity (Wildman–Crippen MR) is 99.1 cm³/mol. The van der Waals surface area contributed by atoms with Crippen LogP contribution in [-0.2, 0) is 28.9 Å². The molecule has 0 saturated heterocycles. The van der Waals surface area contributed by atoms with Crippen molar-refractivity contribution in [3.63, 3.8) is 0 Å². The quantitative estimate of drug-likeness (QED) is 0.839. The lowest BCUT2D eigenvalue weighted by molar-refractivity contribution is -0.117. The van der Waals surface area contributed by atoms with Gasteiger partial charge in [0.2, 0.25) is 11.8 Å². The van der Waals surface area contributed by atoms with Crippen LogP contribution in [0.2, 0.25) is 0 Å². The molecule has 25 heavy (non-hydrogen) atoms. The molecule has 2 aliphatic carbocycles. The van der Waals surface area contributed by atoms with Crippen LogP contribution in [0.15, 0.2) is 5.38 Å². The van der Waals surface area contributed by atoms with Crippen molar-refractivity contribution >= 4 is 44.8 Å². The van der Waals surface area contributed by atoms with Gasteiger partial charge in [0.25, 0.3) is 0 Å². The van der Waals surface area contributed by atoms with Crippen molar-refractivity contribution in [2.75, 3.05) is 10.6 Å². The summed E-state index contributed by atoms with van der Waals surface area (Å²) in [4.78, 5) is 34.2. The second-order valence-corrected chi connectivity index (χ2v) is 8.81. The Hall–Kier alpha value is -1.80. The number of carbonyl (C=O) groups is 2. The van der Waals surface area contributed by atoms with E-state index in [0.717, 1.165) is 37.8 Å². The van der Waals surface area contributed by atoms with Crippen LogP contribution in [0.25, 0.3) is 0 Å². The molecule has 2 aromatic heterocycles. The van der Waals surface area contributed by atoms with Crippen molar-refractivity contribution in [3.05, 3.63) is 21.6 Å². The van der Waals surface area contributed by atoms with E-state index in [4.69, 9.17) is 0 Å². The standard InChI is InChI=1S/C17H20N4O2S2/c1-9-2-5-12-13(6-9)25-17(19-12)20-14(22)7-11-8-24-16(18-11)21-15(23)10-3-4-10/h8-10H,2-7H2,1H3,(H,18,21,23)(H,19,20,22)/t9-/m0/s1. The van der Waals surface area contributed by atoms with Gasteiger partial charge in [0.15, 0.2) is 10.3 Å². The fourth-order valence-electron chi connectivity index (χ4n) is 2.92. The molecule has 4 rings (SSSR count). The molecule has 0 aromatic carbocycles. The van der Waals surface area contributed by atoms with Crippen molar-refractivity contribution in [3.8, 4) is 0 Å². The van der Waals surface area contributed by atoms with E-state index in [2.05, 4.69) is 27.5 Å². The highest BCUT2D eigenvalue weighted by Gasteiger charge is 2.30. The second kappa shape index (κ2) is 6.84. The third-order valence-corrected chi connectivity index (χ3v) is 6.35. The fraction of sp³-hybridized carbons (Fsp3) is 0.529. The number of amides is 2. The van der Waals surface area contributed by atoms with Gasteiger partial charge in [-0.2, -0.15) is 0 Å². The summed E-state index contributed by atoms with van der Waals surface area (Å²) in [5.74, 6) is 0.752. The average molecular weight is 377 g/mol. The summed E-state index contributed by atoms with van der Waals surface area (Å²) in [7, 11) is 0. The van der Waals surface area contributed by atoms with E-state index in [1.807, 2.05) is 5.38 Å². The van der Waals surface area contributed by atoms with E-state index in [9.17, 15) is 9.59 Å². The first-order valence-electron chi connectivity index (χ1n) is 8.60. The Labute approximate surface area is 154 Å². The Bertz CT molecular complexity index is 809. The lowest BCUT2D eigenvalue weighted by atomic mass is 9.93. The van der Waals surface area contributed by atoms with Gasteiger partial charge in [-0.15, -0.1) is 22.7 Å². The molecule has 2 heterocycles. The largest absolute Gasteiger partial charge is 0.302 e. The molecule has 2 aromatic rings. The molecule has 0 radical (unpaired) electrons. The molecule has 1 fully saturated rings. The summed E-state index contributed by atoms with van der Waals surface area (Å²) in [6.07, 6.45) is 5.33. The van der Waals surface area contributed by atoms with Crippen molar-refractivity contribution in [2.24, 2.45) is 11.8 Å². The molecule has 1 atom stereocenters. The molecular formula is C17H20N4O2S2. The Morgan fingerprint density at radius 2 is 2.04 bits per heavy atom. The van der Waals surface area contributed by atoms with Crippen LogP contribution in [-0.4, -0.2) is 21.8 Å². The summed E-state index contributed by atoms with van der Waals surface area (Å²) in [6, 6.07) is 0. The van der Waals surface area contributed by atoms with Crippen molar-refractivity contribution in [1.82, 2.24) is 9.97 Å². The van der Waals surface area contributed by atoms with Crippen LogP contribution < -0.4 is 10.6 Å². The summed E-state index contributed by atoms with van der Waals surface area (Å²) < 4.78 is 0. The smallest absolute Gasteiger partial charge is 0.232 e. The Morgan fingerprint density at radius 3 is 2.84 bits per heavy atom. The minimum Gasteiger partial charge on any atom is -0.302 e. The van der Waals surface area contributed by atoms with E-state index >= 15 is 0 Å². The number of nitrogens with zero attached hydrogens (tertiary/aromatic N) is 2. The molecule has 1 saturated carbocycles. The van der Waals surface area contributed by atoms with Gasteiger partial charge in [-0.05, 0) is 38.0 Å². The van der Waals surface area contributed by atoms with Crippen molar-refractivity contribution < 1.29 is 9.59 Å². The van der Waals surface area contributed by atoms with Crippen LogP contribution in [0.4, 0.5) is 10.3 Å². The molecule has 2 aliphatic rings. The molecule has 0 unspecified atom stereocenters. The molecule has 2 N–H and O–H groups in total. The number of aromatic nitrogens is 2. The third kappa shape index (κ3) is 4.07. The normalized spacial score (nSPS) is 19.3. The maximum atomic E-state index is 12.2. The average Bonchev–Trinajstić information content (AvgIpc) is 3.22. The van der Waals surface area contributed by atoms with E-state index in [1.54, 1.807) is 11.3 Å². The zero-order valence-corrected chi connectivity index (χ0v) is 15.6. The van der Waals surface area contributed by atoms with Gasteiger partial charge >= 0.3 is 0 Å². The number of nitrogens with one attached hydrogen (secondary N) is 2. The van der Waals surface area contributed by atoms with E-state index < -0.39 is 0 Å². The van der Waals surface area contributed by atoms with Crippen LogP contribution in [0.1, 0.15) is 42.5 Å². The second-order valence-electron chi connectivity index (χ2n) is 6.87. The van der Waals surface area contributed by atoms with Crippen LogP contribution in [0, 0.1) is 11.8 Å². The van der Waals surface area contributed by atoms with Gasteiger partial charge in [0.05, 0.1) is 17.8 Å². The molecule has 0 spiro atoms. The minimum absolute atomic E-state index is 0.0351. The highest BCUT2D eigenvalue weighted by Crippen LogP contribution is 2.32. The molecule has 8 heteroatoms. The topological polar surface area (TPSA) is 84.0 Å². The lowest BCUT2D eigenvalue weighted by Gasteiger charge is -2.15.